The maximum atomic E-state index is 9.64. The molecule has 7 heteroatoms. The number of H-pyrrole nitrogens is 1. The van der Waals surface area contributed by atoms with Gasteiger partial charge in [0, 0.05) is 51.2 Å². The first-order valence-electron chi connectivity index (χ1n) is 7.41. The average Bonchev–Trinajstić information content (AvgIpc) is 3.18. The van der Waals surface area contributed by atoms with E-state index in [0.717, 1.165) is 37.7 Å². The fourth-order valence-corrected chi connectivity index (χ4v) is 3.06. The molecular formula is C14H22N6O. The fourth-order valence-electron chi connectivity index (χ4n) is 3.06. The summed E-state index contributed by atoms with van der Waals surface area (Å²) in [5, 5.41) is 21.0. The average molecular weight is 290 g/mol. The number of nitrogens with zero attached hydrogens (tertiary/aromatic N) is 5. The van der Waals surface area contributed by atoms with Gasteiger partial charge in [0.05, 0.1) is 12.7 Å². The van der Waals surface area contributed by atoms with Crippen LogP contribution < -0.4 is 0 Å². The molecule has 21 heavy (non-hydrogen) atoms. The third-order valence-corrected chi connectivity index (χ3v) is 4.17. The standard InChI is InChI=1S/C14H22N6O/c1-3-13-16-14(18-17-13)8-20-6-11(9-21)12(7-20)10-4-15-19(2)5-10/h4-5,11-12,21H,3,6-9H2,1-2H3,(H,16,17,18)/t11-,12-/m0/s1. The number of aryl methyl sites for hydroxylation is 2. The van der Waals surface area contributed by atoms with E-state index < -0.39 is 0 Å². The van der Waals surface area contributed by atoms with Crippen molar-refractivity contribution in [3.8, 4) is 0 Å². The van der Waals surface area contributed by atoms with Gasteiger partial charge in [-0.3, -0.25) is 14.7 Å². The Morgan fingerprint density at radius 2 is 2.29 bits per heavy atom. The molecule has 1 aliphatic heterocycles. The summed E-state index contributed by atoms with van der Waals surface area (Å²) in [6, 6.07) is 0. The molecule has 0 amide bonds. The van der Waals surface area contributed by atoms with Crippen LogP contribution in [0.3, 0.4) is 0 Å². The van der Waals surface area contributed by atoms with Crippen LogP contribution >= 0.6 is 0 Å². The number of hydrogen-bond acceptors (Lipinski definition) is 5. The summed E-state index contributed by atoms with van der Waals surface area (Å²) in [4.78, 5) is 6.78. The second-order valence-electron chi connectivity index (χ2n) is 5.74. The Morgan fingerprint density at radius 3 is 2.90 bits per heavy atom. The van der Waals surface area contributed by atoms with Crippen LogP contribution in [0, 0.1) is 5.92 Å². The van der Waals surface area contributed by atoms with Gasteiger partial charge < -0.3 is 5.11 Å². The van der Waals surface area contributed by atoms with Crippen molar-refractivity contribution in [3.63, 3.8) is 0 Å². The lowest BCUT2D eigenvalue weighted by atomic mass is 9.92. The molecule has 0 unspecified atom stereocenters. The Labute approximate surface area is 124 Å². The molecule has 2 atom stereocenters. The number of aromatic nitrogens is 5. The first kappa shape index (κ1) is 14.2. The van der Waals surface area contributed by atoms with Gasteiger partial charge in [-0.1, -0.05) is 6.92 Å². The molecular weight excluding hydrogens is 268 g/mol. The van der Waals surface area contributed by atoms with E-state index in [1.807, 2.05) is 31.0 Å². The maximum absolute atomic E-state index is 9.64. The van der Waals surface area contributed by atoms with Gasteiger partial charge in [-0.05, 0) is 5.56 Å². The molecule has 3 heterocycles. The van der Waals surface area contributed by atoms with E-state index in [2.05, 4.69) is 25.2 Å². The first-order valence-corrected chi connectivity index (χ1v) is 7.41. The Bertz CT molecular complexity index is 592. The highest BCUT2D eigenvalue weighted by atomic mass is 16.3. The number of rotatable bonds is 5. The zero-order chi connectivity index (χ0) is 14.8. The Morgan fingerprint density at radius 1 is 1.43 bits per heavy atom. The van der Waals surface area contributed by atoms with Gasteiger partial charge in [-0.25, -0.2) is 4.98 Å². The molecule has 0 saturated carbocycles. The quantitative estimate of drug-likeness (QED) is 0.828. The van der Waals surface area contributed by atoms with Crippen LogP contribution in [0.25, 0.3) is 0 Å². The predicted octanol–water partition coefficient (Wildman–Crippen LogP) is 0.308. The molecule has 2 aromatic heterocycles. The van der Waals surface area contributed by atoms with Crippen molar-refractivity contribution in [3.05, 3.63) is 29.6 Å². The van der Waals surface area contributed by atoms with Crippen LogP contribution in [0.15, 0.2) is 12.4 Å². The van der Waals surface area contributed by atoms with E-state index in [1.54, 1.807) is 0 Å². The van der Waals surface area contributed by atoms with Crippen molar-refractivity contribution in [2.24, 2.45) is 13.0 Å². The fraction of sp³-hybridized carbons (Fsp3) is 0.643. The third-order valence-electron chi connectivity index (χ3n) is 4.17. The van der Waals surface area contributed by atoms with Crippen molar-refractivity contribution >= 4 is 0 Å². The van der Waals surface area contributed by atoms with Gasteiger partial charge in [0.15, 0.2) is 0 Å². The highest BCUT2D eigenvalue weighted by Gasteiger charge is 2.34. The molecule has 1 fully saturated rings. The minimum atomic E-state index is 0.201. The molecule has 114 valence electrons. The largest absolute Gasteiger partial charge is 0.396 e. The highest BCUT2D eigenvalue weighted by molar-refractivity contribution is 5.16. The van der Waals surface area contributed by atoms with Gasteiger partial charge in [0.2, 0.25) is 0 Å². The summed E-state index contributed by atoms with van der Waals surface area (Å²) in [5.41, 5.74) is 1.20. The summed E-state index contributed by atoms with van der Waals surface area (Å²) >= 11 is 0. The summed E-state index contributed by atoms with van der Waals surface area (Å²) in [7, 11) is 1.92. The molecule has 3 rings (SSSR count). The van der Waals surface area contributed by atoms with E-state index in [4.69, 9.17) is 0 Å². The second-order valence-corrected chi connectivity index (χ2v) is 5.74. The molecule has 0 spiro atoms. The lowest BCUT2D eigenvalue weighted by Crippen LogP contribution is -2.21. The number of aromatic amines is 1. The van der Waals surface area contributed by atoms with Crippen LogP contribution in [0.2, 0.25) is 0 Å². The van der Waals surface area contributed by atoms with Crippen molar-refractivity contribution < 1.29 is 5.11 Å². The number of likely N-dealkylation sites (tertiary alicyclic amines) is 1. The summed E-state index contributed by atoms with van der Waals surface area (Å²) in [6.45, 7) is 4.78. The SMILES string of the molecule is CCc1n[nH]c(CN2C[C@@H](CO)[C@H](c3cnn(C)c3)C2)n1. The van der Waals surface area contributed by atoms with Crippen LogP contribution in [0.5, 0.6) is 0 Å². The topological polar surface area (TPSA) is 82.9 Å². The molecule has 1 aliphatic rings. The van der Waals surface area contributed by atoms with E-state index in [0.29, 0.717) is 5.92 Å². The molecule has 7 nitrogen and oxygen atoms in total. The molecule has 2 aromatic rings. The van der Waals surface area contributed by atoms with Crippen molar-refractivity contribution in [1.82, 2.24) is 29.9 Å². The van der Waals surface area contributed by atoms with Gasteiger partial charge in [-0.2, -0.15) is 10.2 Å². The maximum Gasteiger partial charge on any atom is 0.150 e. The van der Waals surface area contributed by atoms with E-state index in [-0.39, 0.29) is 12.5 Å². The monoisotopic (exact) mass is 290 g/mol. The molecule has 0 aromatic carbocycles. The Hall–Kier alpha value is -1.73. The van der Waals surface area contributed by atoms with Crippen LogP contribution in [0.4, 0.5) is 0 Å². The number of nitrogens with one attached hydrogen (secondary N) is 1. The zero-order valence-corrected chi connectivity index (χ0v) is 12.5. The van der Waals surface area contributed by atoms with Gasteiger partial charge in [0.25, 0.3) is 0 Å². The molecule has 0 aliphatic carbocycles. The minimum absolute atomic E-state index is 0.201. The van der Waals surface area contributed by atoms with Crippen LogP contribution in [-0.4, -0.2) is 54.7 Å². The number of aliphatic hydroxyl groups excluding tert-OH is 1. The van der Waals surface area contributed by atoms with Gasteiger partial charge >= 0.3 is 0 Å². The van der Waals surface area contributed by atoms with E-state index in [1.165, 1.54) is 5.56 Å². The predicted molar refractivity (Wildman–Crippen MR) is 77.6 cm³/mol. The number of aliphatic hydroxyl groups is 1. The van der Waals surface area contributed by atoms with E-state index >= 15 is 0 Å². The normalized spacial score (nSPS) is 23.0. The smallest absolute Gasteiger partial charge is 0.150 e. The summed E-state index contributed by atoms with van der Waals surface area (Å²) in [5.74, 6) is 2.34. The van der Waals surface area contributed by atoms with Gasteiger partial charge in [-0.15, -0.1) is 0 Å². The van der Waals surface area contributed by atoms with Crippen molar-refractivity contribution in [2.75, 3.05) is 19.7 Å². The molecule has 1 saturated heterocycles. The lowest BCUT2D eigenvalue weighted by molar-refractivity contribution is 0.213. The molecule has 2 N–H and O–H groups in total. The van der Waals surface area contributed by atoms with Crippen molar-refractivity contribution in [2.45, 2.75) is 25.8 Å². The molecule has 0 radical (unpaired) electrons. The van der Waals surface area contributed by atoms with Crippen LogP contribution in [0.1, 0.15) is 30.1 Å². The van der Waals surface area contributed by atoms with E-state index in [9.17, 15) is 5.11 Å². The third kappa shape index (κ3) is 2.98. The first-order chi connectivity index (χ1) is 10.2. The van der Waals surface area contributed by atoms with Crippen LogP contribution in [-0.2, 0) is 20.0 Å². The summed E-state index contributed by atoms with van der Waals surface area (Å²) in [6.07, 6.45) is 4.79. The highest BCUT2D eigenvalue weighted by Crippen LogP contribution is 2.32. The van der Waals surface area contributed by atoms with Gasteiger partial charge in [0.1, 0.15) is 11.6 Å². The van der Waals surface area contributed by atoms with Crippen molar-refractivity contribution in [1.29, 1.82) is 0 Å². The zero-order valence-electron chi connectivity index (χ0n) is 12.5. The lowest BCUT2D eigenvalue weighted by Gasteiger charge is -2.13. The Kier molecular flexibility index (Phi) is 4.03. The second kappa shape index (κ2) is 5.95. The molecule has 0 bridgehead atoms. The Balaban J connectivity index is 1.68. The minimum Gasteiger partial charge on any atom is -0.396 e. The summed E-state index contributed by atoms with van der Waals surface area (Å²) < 4.78 is 1.82. The number of hydrogen-bond donors (Lipinski definition) is 2.